The van der Waals surface area contributed by atoms with Gasteiger partial charge in [-0.2, -0.15) is 5.10 Å². The molecule has 0 aliphatic carbocycles. The van der Waals surface area contributed by atoms with Crippen LogP contribution in [0.2, 0.25) is 0 Å². The number of ether oxygens (including phenoxy) is 1. The minimum absolute atomic E-state index is 0.00965. The highest BCUT2D eigenvalue weighted by Crippen LogP contribution is 2.33. The standard InChI is InChI=1S/C23H28N4O2/c1-23(2,3)20-15-21-24-12-11-18(27(21)25-20)17-9-7-13-26(17)22(28)14-16-8-5-6-10-19(16)29-4/h5-6,8,10-12,15,17H,7,9,13-14H2,1-4H3. The molecule has 0 radical (unpaired) electrons. The van der Waals surface area contributed by atoms with Crippen LogP contribution in [0.1, 0.15) is 56.6 Å². The molecule has 0 saturated carbocycles. The van der Waals surface area contributed by atoms with Gasteiger partial charge in [0.25, 0.3) is 0 Å². The second-order valence-corrected chi connectivity index (χ2v) is 8.65. The fourth-order valence-corrected chi connectivity index (χ4v) is 4.02. The maximum absolute atomic E-state index is 13.2. The minimum Gasteiger partial charge on any atom is -0.496 e. The molecule has 2 aromatic heterocycles. The van der Waals surface area contributed by atoms with E-state index in [1.807, 2.05) is 52.0 Å². The largest absolute Gasteiger partial charge is 0.496 e. The van der Waals surface area contributed by atoms with Gasteiger partial charge in [0.1, 0.15) is 5.75 Å². The van der Waals surface area contributed by atoms with Gasteiger partial charge in [-0.15, -0.1) is 0 Å². The fourth-order valence-electron chi connectivity index (χ4n) is 4.02. The zero-order valence-corrected chi connectivity index (χ0v) is 17.6. The van der Waals surface area contributed by atoms with Gasteiger partial charge >= 0.3 is 0 Å². The molecule has 1 aliphatic heterocycles. The lowest BCUT2D eigenvalue weighted by atomic mass is 9.93. The van der Waals surface area contributed by atoms with Crippen LogP contribution in [0.5, 0.6) is 5.75 Å². The molecule has 1 saturated heterocycles. The van der Waals surface area contributed by atoms with E-state index in [0.29, 0.717) is 6.42 Å². The van der Waals surface area contributed by atoms with Crippen molar-refractivity contribution in [3.8, 4) is 5.75 Å². The number of rotatable bonds is 4. The van der Waals surface area contributed by atoms with Crippen molar-refractivity contribution in [3.05, 3.63) is 59.5 Å². The lowest BCUT2D eigenvalue weighted by molar-refractivity contribution is -0.131. The van der Waals surface area contributed by atoms with E-state index in [1.165, 1.54) is 0 Å². The van der Waals surface area contributed by atoms with Crippen molar-refractivity contribution in [3.63, 3.8) is 0 Å². The van der Waals surface area contributed by atoms with Gasteiger partial charge in [-0.05, 0) is 25.0 Å². The summed E-state index contributed by atoms with van der Waals surface area (Å²) in [5.41, 5.74) is 3.72. The van der Waals surface area contributed by atoms with Gasteiger partial charge in [0.15, 0.2) is 5.65 Å². The Labute approximate surface area is 171 Å². The lowest BCUT2D eigenvalue weighted by Gasteiger charge is -2.25. The molecule has 3 heterocycles. The second-order valence-electron chi connectivity index (χ2n) is 8.65. The van der Waals surface area contributed by atoms with E-state index in [9.17, 15) is 4.79 Å². The number of amides is 1. The minimum atomic E-state index is -0.0555. The molecule has 1 amide bonds. The first kappa shape index (κ1) is 19.4. The average Bonchev–Trinajstić information content (AvgIpc) is 3.35. The maximum atomic E-state index is 13.2. The van der Waals surface area contributed by atoms with Crippen LogP contribution >= 0.6 is 0 Å². The molecule has 1 aromatic carbocycles. The summed E-state index contributed by atoms with van der Waals surface area (Å²) in [5.74, 6) is 0.870. The molecule has 0 bridgehead atoms. The fraction of sp³-hybridized carbons (Fsp3) is 0.435. The van der Waals surface area contributed by atoms with E-state index in [0.717, 1.165) is 47.7 Å². The number of benzene rings is 1. The highest BCUT2D eigenvalue weighted by atomic mass is 16.5. The van der Waals surface area contributed by atoms with Crippen LogP contribution in [0.15, 0.2) is 42.6 Å². The van der Waals surface area contributed by atoms with Crippen LogP contribution < -0.4 is 4.74 Å². The Morgan fingerprint density at radius 3 is 2.79 bits per heavy atom. The quantitative estimate of drug-likeness (QED) is 0.675. The van der Waals surface area contributed by atoms with E-state index < -0.39 is 0 Å². The monoisotopic (exact) mass is 392 g/mol. The van der Waals surface area contributed by atoms with E-state index in [1.54, 1.807) is 7.11 Å². The topological polar surface area (TPSA) is 59.7 Å². The molecule has 3 aromatic rings. The average molecular weight is 393 g/mol. The van der Waals surface area contributed by atoms with Crippen molar-refractivity contribution in [2.45, 2.75) is 51.5 Å². The summed E-state index contributed by atoms with van der Waals surface area (Å²) in [6, 6.07) is 11.8. The Hall–Kier alpha value is -2.89. The summed E-state index contributed by atoms with van der Waals surface area (Å²) in [6.07, 6.45) is 4.07. The number of hydrogen-bond donors (Lipinski definition) is 0. The van der Waals surface area contributed by atoms with E-state index in [2.05, 4.69) is 25.8 Å². The first-order valence-corrected chi connectivity index (χ1v) is 10.1. The molecule has 1 fully saturated rings. The van der Waals surface area contributed by atoms with Gasteiger partial charge in [0.05, 0.1) is 31.0 Å². The number of para-hydroxylation sites is 1. The van der Waals surface area contributed by atoms with Gasteiger partial charge in [0.2, 0.25) is 5.91 Å². The van der Waals surface area contributed by atoms with Gasteiger partial charge in [-0.3, -0.25) is 4.79 Å². The molecule has 6 heteroatoms. The van der Waals surface area contributed by atoms with Crippen LogP contribution in [0.4, 0.5) is 0 Å². The number of hydrogen-bond acceptors (Lipinski definition) is 4. The number of carbonyl (C=O) groups excluding carboxylic acids is 1. The van der Waals surface area contributed by atoms with Crippen LogP contribution in [-0.4, -0.2) is 39.1 Å². The van der Waals surface area contributed by atoms with Crippen LogP contribution in [0.3, 0.4) is 0 Å². The number of nitrogens with zero attached hydrogens (tertiary/aromatic N) is 4. The van der Waals surface area contributed by atoms with Crippen LogP contribution in [0, 0.1) is 0 Å². The van der Waals surface area contributed by atoms with E-state index >= 15 is 0 Å². The molecule has 1 aliphatic rings. The summed E-state index contributed by atoms with van der Waals surface area (Å²) in [7, 11) is 1.64. The Bertz CT molecular complexity index is 1030. The van der Waals surface area contributed by atoms with Gasteiger partial charge < -0.3 is 9.64 Å². The first-order chi connectivity index (χ1) is 13.9. The molecule has 1 unspecified atom stereocenters. The van der Waals surface area contributed by atoms with Crippen molar-refractivity contribution in [1.82, 2.24) is 19.5 Å². The van der Waals surface area contributed by atoms with Crippen molar-refractivity contribution in [1.29, 1.82) is 0 Å². The number of methoxy groups -OCH3 is 1. The predicted octanol–water partition coefficient (Wildman–Crippen LogP) is 3.94. The van der Waals surface area contributed by atoms with Crippen LogP contribution in [-0.2, 0) is 16.6 Å². The van der Waals surface area contributed by atoms with Gasteiger partial charge in [-0.25, -0.2) is 9.50 Å². The Balaban J connectivity index is 1.65. The number of aromatic nitrogens is 3. The lowest BCUT2D eigenvalue weighted by Crippen LogP contribution is -2.33. The predicted molar refractivity (Wildman–Crippen MR) is 112 cm³/mol. The second kappa shape index (κ2) is 7.50. The molecule has 29 heavy (non-hydrogen) atoms. The molecule has 4 rings (SSSR count). The molecule has 1 atom stereocenters. The van der Waals surface area contributed by atoms with E-state index in [-0.39, 0.29) is 17.4 Å². The van der Waals surface area contributed by atoms with E-state index in [4.69, 9.17) is 9.84 Å². The first-order valence-electron chi connectivity index (χ1n) is 10.1. The van der Waals surface area contributed by atoms with Crippen molar-refractivity contribution < 1.29 is 9.53 Å². The van der Waals surface area contributed by atoms with Crippen molar-refractivity contribution in [2.24, 2.45) is 0 Å². The molecule has 6 nitrogen and oxygen atoms in total. The summed E-state index contributed by atoms with van der Waals surface area (Å²) in [5, 5.41) is 4.83. The number of fused-ring (bicyclic) bond motifs is 1. The van der Waals surface area contributed by atoms with Crippen LogP contribution in [0.25, 0.3) is 5.65 Å². The third-order valence-corrected chi connectivity index (χ3v) is 5.60. The van der Waals surface area contributed by atoms with Crippen molar-refractivity contribution >= 4 is 11.6 Å². The highest BCUT2D eigenvalue weighted by molar-refractivity contribution is 5.80. The zero-order chi connectivity index (χ0) is 20.6. The summed E-state index contributed by atoms with van der Waals surface area (Å²) in [6.45, 7) is 7.20. The zero-order valence-electron chi connectivity index (χ0n) is 17.6. The normalized spacial score (nSPS) is 17.1. The third kappa shape index (κ3) is 3.71. The maximum Gasteiger partial charge on any atom is 0.227 e. The molecular weight excluding hydrogens is 364 g/mol. The summed E-state index contributed by atoms with van der Waals surface area (Å²) >= 11 is 0. The molecule has 152 valence electrons. The van der Waals surface area contributed by atoms with Gasteiger partial charge in [-0.1, -0.05) is 39.0 Å². The molecular formula is C23H28N4O2. The number of likely N-dealkylation sites (tertiary alicyclic amines) is 1. The molecule has 0 N–H and O–H groups in total. The Morgan fingerprint density at radius 1 is 1.24 bits per heavy atom. The summed E-state index contributed by atoms with van der Waals surface area (Å²) in [4.78, 5) is 19.7. The van der Waals surface area contributed by atoms with Crippen molar-refractivity contribution in [2.75, 3.05) is 13.7 Å². The third-order valence-electron chi connectivity index (χ3n) is 5.60. The van der Waals surface area contributed by atoms with Gasteiger partial charge in [0, 0.05) is 29.8 Å². The smallest absolute Gasteiger partial charge is 0.227 e. The Kier molecular flexibility index (Phi) is 5.03. The molecule has 0 spiro atoms. The summed E-state index contributed by atoms with van der Waals surface area (Å²) < 4.78 is 7.34. The number of carbonyl (C=O) groups is 1. The SMILES string of the molecule is COc1ccccc1CC(=O)N1CCCC1c1ccnc2cc(C(C)(C)C)nn12. The Morgan fingerprint density at radius 2 is 2.03 bits per heavy atom. The highest BCUT2D eigenvalue weighted by Gasteiger charge is 2.32.